The molecule has 1 amide bonds. The molecule has 0 aromatic heterocycles. The number of methoxy groups -OCH3 is 1. The van der Waals surface area contributed by atoms with Crippen LogP contribution in [0.3, 0.4) is 0 Å². The van der Waals surface area contributed by atoms with E-state index in [0.29, 0.717) is 28.9 Å². The number of nitrogens with zero attached hydrogens (tertiary/aromatic N) is 1. The number of fused-ring (bicyclic) bond motifs is 1. The van der Waals surface area contributed by atoms with Gasteiger partial charge in [-0.25, -0.2) is 9.18 Å². The standard InChI is InChI=1S/C24H18FNO3/c1-29-24(28)21(17-11-13-18(25)14-12-17)22-19-9-5-6-10-20(19)23(27)26(22)15-16-7-3-2-4-8-16/h2-14H,15H2,1H3/b22-21+. The number of carbonyl (C=O) groups is 2. The number of hydrogen-bond acceptors (Lipinski definition) is 3. The lowest BCUT2D eigenvalue weighted by atomic mass is 9.98. The number of rotatable bonds is 4. The zero-order valence-corrected chi connectivity index (χ0v) is 15.8. The minimum absolute atomic E-state index is 0.192. The Morgan fingerprint density at radius 2 is 1.52 bits per heavy atom. The van der Waals surface area contributed by atoms with Crippen molar-refractivity contribution in [3.05, 3.63) is 107 Å². The van der Waals surface area contributed by atoms with Gasteiger partial charge in [0.2, 0.25) is 0 Å². The maximum Gasteiger partial charge on any atom is 0.340 e. The second-order valence-electron chi connectivity index (χ2n) is 6.64. The van der Waals surface area contributed by atoms with E-state index in [9.17, 15) is 14.0 Å². The second kappa shape index (κ2) is 7.72. The van der Waals surface area contributed by atoms with Gasteiger partial charge in [-0.3, -0.25) is 4.79 Å². The van der Waals surface area contributed by atoms with Gasteiger partial charge in [-0.2, -0.15) is 0 Å². The first kappa shape index (κ1) is 18.6. The fraction of sp³-hybridized carbons (Fsp3) is 0.0833. The molecule has 1 heterocycles. The first-order valence-corrected chi connectivity index (χ1v) is 9.14. The third-order valence-corrected chi connectivity index (χ3v) is 4.87. The molecular formula is C24H18FNO3. The van der Waals surface area contributed by atoms with Gasteiger partial charge in [0.15, 0.2) is 0 Å². The first-order chi connectivity index (χ1) is 14.1. The summed E-state index contributed by atoms with van der Waals surface area (Å²) in [5.41, 5.74) is 3.26. The van der Waals surface area contributed by atoms with Gasteiger partial charge in [0.1, 0.15) is 5.82 Å². The highest BCUT2D eigenvalue weighted by atomic mass is 19.1. The van der Waals surface area contributed by atoms with Crippen LogP contribution in [0, 0.1) is 5.82 Å². The highest BCUT2D eigenvalue weighted by molar-refractivity contribution is 6.28. The Hall–Kier alpha value is -3.73. The molecule has 0 fully saturated rings. The summed E-state index contributed by atoms with van der Waals surface area (Å²) in [5, 5.41) is 0. The largest absolute Gasteiger partial charge is 0.465 e. The van der Waals surface area contributed by atoms with E-state index in [1.807, 2.05) is 36.4 Å². The fourth-order valence-electron chi connectivity index (χ4n) is 3.52. The van der Waals surface area contributed by atoms with Gasteiger partial charge in [-0.15, -0.1) is 0 Å². The maximum atomic E-state index is 13.5. The van der Waals surface area contributed by atoms with Crippen LogP contribution in [-0.2, 0) is 16.1 Å². The van der Waals surface area contributed by atoms with Crippen LogP contribution in [0.4, 0.5) is 4.39 Å². The van der Waals surface area contributed by atoms with E-state index in [2.05, 4.69) is 0 Å². The Balaban J connectivity index is 1.96. The third kappa shape index (κ3) is 3.43. The lowest BCUT2D eigenvalue weighted by Gasteiger charge is -2.22. The molecule has 5 heteroatoms. The van der Waals surface area contributed by atoms with Crippen LogP contribution >= 0.6 is 0 Å². The molecule has 144 valence electrons. The molecule has 4 rings (SSSR count). The molecule has 4 nitrogen and oxygen atoms in total. The Kier molecular flexibility index (Phi) is 4.96. The van der Waals surface area contributed by atoms with Gasteiger partial charge in [0.25, 0.3) is 5.91 Å². The average Bonchev–Trinajstić information content (AvgIpc) is 3.02. The highest BCUT2D eigenvalue weighted by Gasteiger charge is 2.36. The number of hydrogen-bond donors (Lipinski definition) is 0. The summed E-state index contributed by atoms with van der Waals surface area (Å²) in [6.07, 6.45) is 0. The van der Waals surface area contributed by atoms with Crippen molar-refractivity contribution in [2.45, 2.75) is 6.54 Å². The normalized spacial score (nSPS) is 14.6. The topological polar surface area (TPSA) is 46.6 Å². The highest BCUT2D eigenvalue weighted by Crippen LogP contribution is 2.39. The van der Waals surface area contributed by atoms with Crippen LogP contribution in [0.25, 0.3) is 11.3 Å². The minimum Gasteiger partial charge on any atom is -0.465 e. The number of halogens is 1. The van der Waals surface area contributed by atoms with Crippen LogP contribution in [-0.4, -0.2) is 23.9 Å². The van der Waals surface area contributed by atoms with Gasteiger partial charge in [0, 0.05) is 11.1 Å². The molecule has 0 atom stereocenters. The monoisotopic (exact) mass is 387 g/mol. The molecule has 3 aromatic rings. The number of ether oxygens (including phenoxy) is 1. The van der Waals surface area contributed by atoms with Crippen LogP contribution in [0.2, 0.25) is 0 Å². The molecule has 0 unspecified atom stereocenters. The maximum absolute atomic E-state index is 13.5. The molecule has 0 N–H and O–H groups in total. The predicted octanol–water partition coefficient (Wildman–Crippen LogP) is 4.52. The Labute approximate surface area is 167 Å². The van der Waals surface area contributed by atoms with Crippen molar-refractivity contribution in [3.63, 3.8) is 0 Å². The van der Waals surface area contributed by atoms with Crippen molar-refractivity contribution in [1.29, 1.82) is 0 Å². The smallest absolute Gasteiger partial charge is 0.340 e. The molecule has 0 spiro atoms. The van der Waals surface area contributed by atoms with Crippen LogP contribution in [0.15, 0.2) is 78.9 Å². The minimum atomic E-state index is -0.589. The fourth-order valence-corrected chi connectivity index (χ4v) is 3.52. The SMILES string of the molecule is COC(=O)/C(=C1\c2ccccc2C(=O)N1Cc1ccccc1)c1ccc(F)cc1. The summed E-state index contributed by atoms with van der Waals surface area (Å²) in [7, 11) is 1.29. The van der Waals surface area contributed by atoms with Crippen molar-refractivity contribution in [1.82, 2.24) is 4.90 Å². The van der Waals surface area contributed by atoms with E-state index in [0.717, 1.165) is 5.56 Å². The number of esters is 1. The summed E-state index contributed by atoms with van der Waals surface area (Å²) in [5.74, 6) is -1.19. The van der Waals surface area contributed by atoms with Gasteiger partial charge >= 0.3 is 5.97 Å². The zero-order valence-electron chi connectivity index (χ0n) is 15.8. The number of benzene rings is 3. The van der Waals surface area contributed by atoms with Gasteiger partial charge in [0.05, 0.1) is 24.9 Å². The van der Waals surface area contributed by atoms with E-state index < -0.39 is 11.8 Å². The molecule has 3 aromatic carbocycles. The van der Waals surface area contributed by atoms with Crippen molar-refractivity contribution in [2.24, 2.45) is 0 Å². The van der Waals surface area contributed by atoms with Crippen LogP contribution in [0.1, 0.15) is 27.0 Å². The van der Waals surface area contributed by atoms with Gasteiger partial charge in [-0.1, -0.05) is 60.7 Å². The van der Waals surface area contributed by atoms with E-state index >= 15 is 0 Å². The zero-order chi connectivity index (χ0) is 20.4. The van der Waals surface area contributed by atoms with Gasteiger partial charge in [-0.05, 0) is 29.3 Å². The molecule has 0 radical (unpaired) electrons. The molecule has 0 saturated carbocycles. The molecule has 0 bridgehead atoms. The van der Waals surface area contributed by atoms with E-state index in [-0.39, 0.29) is 11.5 Å². The first-order valence-electron chi connectivity index (χ1n) is 9.14. The quantitative estimate of drug-likeness (QED) is 0.488. The summed E-state index contributed by atoms with van der Waals surface area (Å²) in [4.78, 5) is 27.6. The summed E-state index contributed by atoms with van der Waals surface area (Å²) < 4.78 is 18.5. The van der Waals surface area contributed by atoms with Crippen molar-refractivity contribution in [3.8, 4) is 0 Å². The summed E-state index contributed by atoms with van der Waals surface area (Å²) in [6, 6.07) is 22.3. The lowest BCUT2D eigenvalue weighted by molar-refractivity contribution is -0.133. The summed E-state index contributed by atoms with van der Waals surface area (Å²) in [6.45, 7) is 0.297. The van der Waals surface area contributed by atoms with E-state index in [1.165, 1.54) is 31.4 Å². The van der Waals surface area contributed by atoms with Crippen LogP contribution < -0.4 is 0 Å². The van der Waals surface area contributed by atoms with E-state index in [1.54, 1.807) is 23.1 Å². The number of carbonyl (C=O) groups excluding carboxylic acids is 2. The Bertz CT molecular complexity index is 1100. The number of amides is 1. The second-order valence-corrected chi connectivity index (χ2v) is 6.64. The van der Waals surface area contributed by atoms with Crippen molar-refractivity contribution >= 4 is 23.1 Å². The molecule has 0 aliphatic carbocycles. The molecular weight excluding hydrogens is 369 g/mol. The Morgan fingerprint density at radius 1 is 0.897 bits per heavy atom. The van der Waals surface area contributed by atoms with Crippen LogP contribution in [0.5, 0.6) is 0 Å². The van der Waals surface area contributed by atoms with Gasteiger partial charge < -0.3 is 9.64 Å². The van der Waals surface area contributed by atoms with E-state index in [4.69, 9.17) is 4.74 Å². The van der Waals surface area contributed by atoms with Crippen molar-refractivity contribution in [2.75, 3.05) is 7.11 Å². The average molecular weight is 387 g/mol. The predicted molar refractivity (Wildman–Crippen MR) is 108 cm³/mol. The molecule has 0 saturated heterocycles. The molecule has 29 heavy (non-hydrogen) atoms. The molecule has 1 aliphatic heterocycles. The lowest BCUT2D eigenvalue weighted by Crippen LogP contribution is -2.24. The summed E-state index contributed by atoms with van der Waals surface area (Å²) >= 11 is 0. The Morgan fingerprint density at radius 3 is 2.17 bits per heavy atom. The van der Waals surface area contributed by atoms with Crippen molar-refractivity contribution < 1.29 is 18.7 Å². The molecule has 1 aliphatic rings. The third-order valence-electron chi connectivity index (χ3n) is 4.87.